The first-order valence-corrected chi connectivity index (χ1v) is 7.09. The third-order valence-corrected chi connectivity index (χ3v) is 3.79. The number of carbonyl (C=O) groups is 1. The summed E-state index contributed by atoms with van der Waals surface area (Å²) in [6.45, 7) is 0. The molecule has 0 bridgehead atoms. The number of aromatic nitrogens is 1. The van der Waals surface area contributed by atoms with Gasteiger partial charge in [-0.3, -0.25) is 14.0 Å². The van der Waals surface area contributed by atoms with Gasteiger partial charge in [0.15, 0.2) is 6.29 Å². The highest BCUT2D eigenvalue weighted by Gasteiger charge is 2.17. The fraction of sp³-hybridized carbons (Fsp3) is 0.111. The standard InChI is InChI=1S/C18H15NO4/c1-23-13-6-4-5-12(9-13)10-14-16-7-2-3-8-19(16)18(22)15(11-20)17(14)21/h2-9,11,21H,10H2,1H3. The van der Waals surface area contributed by atoms with E-state index in [-0.39, 0.29) is 11.3 Å². The molecule has 0 radical (unpaired) electrons. The van der Waals surface area contributed by atoms with Crippen molar-refractivity contribution in [1.82, 2.24) is 4.40 Å². The molecule has 116 valence electrons. The van der Waals surface area contributed by atoms with E-state index in [1.165, 1.54) is 4.40 Å². The van der Waals surface area contributed by atoms with E-state index >= 15 is 0 Å². The summed E-state index contributed by atoms with van der Waals surface area (Å²) in [5.41, 5.74) is 1.25. The minimum atomic E-state index is -0.525. The summed E-state index contributed by atoms with van der Waals surface area (Å²) < 4.78 is 6.57. The van der Waals surface area contributed by atoms with Gasteiger partial charge in [-0.1, -0.05) is 18.2 Å². The maximum atomic E-state index is 12.2. The molecular weight excluding hydrogens is 294 g/mol. The molecule has 3 rings (SSSR count). The summed E-state index contributed by atoms with van der Waals surface area (Å²) in [5, 5.41) is 10.4. The second kappa shape index (κ2) is 5.96. The molecule has 0 unspecified atom stereocenters. The molecule has 3 aromatic rings. The SMILES string of the molecule is COc1cccc(Cc2c(O)c(C=O)c(=O)n3ccccc23)c1. The molecule has 2 aromatic heterocycles. The lowest BCUT2D eigenvalue weighted by atomic mass is 10.0. The number of ether oxygens (including phenoxy) is 1. The second-order valence-corrected chi connectivity index (χ2v) is 5.15. The Morgan fingerprint density at radius 1 is 1.22 bits per heavy atom. The van der Waals surface area contributed by atoms with Crippen LogP contribution in [0.25, 0.3) is 5.52 Å². The number of pyridine rings is 2. The Morgan fingerprint density at radius 3 is 2.78 bits per heavy atom. The van der Waals surface area contributed by atoms with E-state index in [0.29, 0.717) is 29.5 Å². The fourth-order valence-corrected chi connectivity index (χ4v) is 2.65. The average molecular weight is 309 g/mol. The van der Waals surface area contributed by atoms with Crippen LogP contribution in [0.2, 0.25) is 0 Å². The summed E-state index contributed by atoms with van der Waals surface area (Å²) in [6, 6.07) is 12.7. The molecule has 0 saturated heterocycles. The number of methoxy groups -OCH3 is 1. The summed E-state index contributed by atoms with van der Waals surface area (Å²) in [4.78, 5) is 23.4. The molecule has 0 amide bonds. The van der Waals surface area contributed by atoms with Gasteiger partial charge in [0.05, 0.1) is 12.6 Å². The van der Waals surface area contributed by atoms with E-state index < -0.39 is 5.56 Å². The first-order valence-electron chi connectivity index (χ1n) is 7.09. The van der Waals surface area contributed by atoms with E-state index in [1.54, 1.807) is 31.5 Å². The van der Waals surface area contributed by atoms with Gasteiger partial charge in [-0.2, -0.15) is 0 Å². The Kier molecular flexibility index (Phi) is 3.85. The molecule has 23 heavy (non-hydrogen) atoms. The quantitative estimate of drug-likeness (QED) is 0.752. The summed E-state index contributed by atoms with van der Waals surface area (Å²) in [6.07, 6.45) is 2.35. The van der Waals surface area contributed by atoms with Gasteiger partial charge in [-0.05, 0) is 29.8 Å². The normalized spacial score (nSPS) is 10.7. The number of hydrogen-bond acceptors (Lipinski definition) is 4. The molecule has 0 aliphatic carbocycles. The zero-order valence-electron chi connectivity index (χ0n) is 12.5. The van der Waals surface area contributed by atoms with Crippen molar-refractivity contribution in [2.45, 2.75) is 6.42 Å². The lowest BCUT2D eigenvalue weighted by Gasteiger charge is -2.12. The zero-order chi connectivity index (χ0) is 16.4. The van der Waals surface area contributed by atoms with Crippen LogP contribution >= 0.6 is 0 Å². The summed E-state index contributed by atoms with van der Waals surface area (Å²) in [5.74, 6) is 0.439. The van der Waals surface area contributed by atoms with Crippen LogP contribution < -0.4 is 10.3 Å². The Hall–Kier alpha value is -3.08. The van der Waals surface area contributed by atoms with Gasteiger partial charge in [-0.25, -0.2) is 0 Å². The van der Waals surface area contributed by atoms with Crippen LogP contribution in [0.5, 0.6) is 11.5 Å². The molecule has 0 fully saturated rings. The first-order chi connectivity index (χ1) is 11.2. The smallest absolute Gasteiger partial charge is 0.269 e. The molecule has 2 heterocycles. The number of aromatic hydroxyl groups is 1. The van der Waals surface area contributed by atoms with Crippen molar-refractivity contribution in [3.05, 3.63) is 75.7 Å². The van der Waals surface area contributed by atoms with E-state index in [9.17, 15) is 14.7 Å². The van der Waals surface area contributed by atoms with E-state index in [0.717, 1.165) is 5.56 Å². The van der Waals surface area contributed by atoms with Gasteiger partial charge in [0.2, 0.25) is 0 Å². The molecule has 5 heteroatoms. The van der Waals surface area contributed by atoms with Crippen molar-refractivity contribution in [2.24, 2.45) is 0 Å². The highest BCUT2D eigenvalue weighted by molar-refractivity contribution is 5.82. The van der Waals surface area contributed by atoms with Crippen LogP contribution in [-0.2, 0) is 6.42 Å². The highest BCUT2D eigenvalue weighted by atomic mass is 16.5. The Bertz CT molecular complexity index is 943. The van der Waals surface area contributed by atoms with Crippen LogP contribution in [0.15, 0.2) is 53.5 Å². The lowest BCUT2D eigenvalue weighted by molar-refractivity contribution is 0.111. The molecule has 0 aliphatic rings. The van der Waals surface area contributed by atoms with Crippen LogP contribution in [-0.4, -0.2) is 22.9 Å². The van der Waals surface area contributed by atoms with E-state index in [1.807, 2.05) is 24.3 Å². The van der Waals surface area contributed by atoms with Crippen molar-refractivity contribution >= 4 is 11.8 Å². The highest BCUT2D eigenvalue weighted by Crippen LogP contribution is 2.27. The average Bonchev–Trinajstić information content (AvgIpc) is 2.59. The van der Waals surface area contributed by atoms with Crippen molar-refractivity contribution in [3.8, 4) is 11.5 Å². The molecule has 0 spiro atoms. The van der Waals surface area contributed by atoms with Gasteiger partial charge in [0.25, 0.3) is 5.56 Å². The number of aldehydes is 1. The summed E-state index contributed by atoms with van der Waals surface area (Å²) in [7, 11) is 1.58. The molecule has 0 aliphatic heterocycles. The number of rotatable bonds is 4. The molecule has 0 saturated carbocycles. The second-order valence-electron chi connectivity index (χ2n) is 5.15. The van der Waals surface area contributed by atoms with Gasteiger partial charge >= 0.3 is 0 Å². The molecule has 1 aromatic carbocycles. The van der Waals surface area contributed by atoms with E-state index in [2.05, 4.69) is 0 Å². The van der Waals surface area contributed by atoms with E-state index in [4.69, 9.17) is 4.74 Å². The van der Waals surface area contributed by atoms with Crippen LogP contribution in [0.3, 0.4) is 0 Å². The number of fused-ring (bicyclic) bond motifs is 1. The van der Waals surface area contributed by atoms with Crippen LogP contribution in [0.4, 0.5) is 0 Å². The third kappa shape index (κ3) is 2.57. The number of nitrogens with zero attached hydrogens (tertiary/aromatic N) is 1. The number of hydrogen-bond donors (Lipinski definition) is 1. The first kappa shape index (κ1) is 14.8. The van der Waals surface area contributed by atoms with Gasteiger partial charge in [0.1, 0.15) is 17.1 Å². The zero-order valence-corrected chi connectivity index (χ0v) is 12.5. The van der Waals surface area contributed by atoms with Crippen molar-refractivity contribution in [3.63, 3.8) is 0 Å². The van der Waals surface area contributed by atoms with Crippen LogP contribution in [0, 0.1) is 0 Å². The topological polar surface area (TPSA) is 68.0 Å². The van der Waals surface area contributed by atoms with Gasteiger partial charge < -0.3 is 9.84 Å². The Labute approximate surface area is 132 Å². The lowest BCUT2D eigenvalue weighted by Crippen LogP contribution is -2.19. The number of carbonyl (C=O) groups excluding carboxylic acids is 1. The van der Waals surface area contributed by atoms with Crippen molar-refractivity contribution in [1.29, 1.82) is 0 Å². The minimum absolute atomic E-state index is 0.230. The largest absolute Gasteiger partial charge is 0.507 e. The predicted molar refractivity (Wildman–Crippen MR) is 86.5 cm³/mol. The Morgan fingerprint density at radius 2 is 2.04 bits per heavy atom. The minimum Gasteiger partial charge on any atom is -0.507 e. The fourth-order valence-electron chi connectivity index (χ4n) is 2.65. The number of benzene rings is 1. The maximum Gasteiger partial charge on any atom is 0.269 e. The molecule has 0 atom stereocenters. The summed E-state index contributed by atoms with van der Waals surface area (Å²) >= 11 is 0. The molecule has 1 N–H and O–H groups in total. The molecule has 5 nitrogen and oxygen atoms in total. The third-order valence-electron chi connectivity index (χ3n) is 3.79. The van der Waals surface area contributed by atoms with Crippen LogP contribution in [0.1, 0.15) is 21.5 Å². The van der Waals surface area contributed by atoms with Gasteiger partial charge in [-0.15, -0.1) is 0 Å². The predicted octanol–water partition coefficient (Wildman–Crippen LogP) is 2.42. The van der Waals surface area contributed by atoms with Gasteiger partial charge in [0, 0.05) is 18.2 Å². The Balaban J connectivity index is 2.23. The molecular formula is C18H15NO4. The van der Waals surface area contributed by atoms with Crippen molar-refractivity contribution < 1.29 is 14.6 Å². The van der Waals surface area contributed by atoms with Crippen molar-refractivity contribution in [2.75, 3.05) is 7.11 Å². The monoisotopic (exact) mass is 309 g/mol. The maximum absolute atomic E-state index is 12.2.